The molecule has 5 nitrogen and oxygen atoms in total. The Hall–Kier alpha value is -0.880. The van der Waals surface area contributed by atoms with Gasteiger partial charge in [-0.1, -0.05) is 12.7 Å². The van der Waals surface area contributed by atoms with Crippen LogP contribution in [0.3, 0.4) is 0 Å². The van der Waals surface area contributed by atoms with Crippen LogP contribution < -0.4 is 0 Å². The van der Waals surface area contributed by atoms with Gasteiger partial charge in [-0.05, 0) is 25.7 Å². The predicted octanol–water partition coefficient (Wildman–Crippen LogP) is 2.92. The summed E-state index contributed by atoms with van der Waals surface area (Å²) in [6.07, 6.45) is 7.41. The van der Waals surface area contributed by atoms with E-state index in [4.69, 9.17) is 23.7 Å². The molecule has 21 heavy (non-hydrogen) atoms. The maximum atomic E-state index is 5.44. The first kappa shape index (κ1) is 20.1. The molecule has 0 amide bonds. The van der Waals surface area contributed by atoms with Gasteiger partial charge in [-0.2, -0.15) is 0 Å². The second-order valence-corrected chi connectivity index (χ2v) is 4.33. The first-order chi connectivity index (χ1) is 10.4. The highest BCUT2D eigenvalue weighted by molar-refractivity contribution is 4.65. The minimum Gasteiger partial charge on any atom is -0.476 e. The molecule has 0 aliphatic heterocycles. The molecule has 0 spiro atoms. The third kappa shape index (κ3) is 19.1. The maximum Gasteiger partial charge on any atom is 0.188 e. The average Bonchev–Trinajstić information content (AvgIpc) is 2.50. The molecule has 0 aliphatic carbocycles. The van der Waals surface area contributed by atoms with Crippen LogP contribution >= 0.6 is 0 Å². The molecule has 0 heterocycles. The molecule has 0 fully saturated rings. The van der Waals surface area contributed by atoms with Crippen LogP contribution in [0.4, 0.5) is 0 Å². The highest BCUT2D eigenvalue weighted by Gasteiger charge is 1.93. The minimum atomic E-state index is 0.250. The Kier molecular flexibility index (Phi) is 18.3. The summed E-state index contributed by atoms with van der Waals surface area (Å²) in [7, 11) is 0. The van der Waals surface area contributed by atoms with Gasteiger partial charge < -0.3 is 23.7 Å². The summed E-state index contributed by atoms with van der Waals surface area (Å²) in [6.45, 7) is 11.9. The van der Waals surface area contributed by atoms with Crippen molar-refractivity contribution in [3.63, 3.8) is 0 Å². The SMILES string of the molecule is C=CCCCCOCCOCCOCCCOCOC=C. The van der Waals surface area contributed by atoms with Crippen molar-refractivity contribution in [2.45, 2.75) is 25.7 Å². The Morgan fingerprint density at radius 1 is 0.619 bits per heavy atom. The fourth-order valence-electron chi connectivity index (χ4n) is 1.45. The fourth-order valence-corrected chi connectivity index (χ4v) is 1.45. The number of ether oxygens (including phenoxy) is 5. The molecule has 124 valence electrons. The Bertz CT molecular complexity index is 199. The topological polar surface area (TPSA) is 46.2 Å². The number of hydrogen-bond donors (Lipinski definition) is 0. The molecular formula is C16H30O5. The third-order valence-electron chi connectivity index (χ3n) is 2.54. The van der Waals surface area contributed by atoms with Crippen molar-refractivity contribution in [1.82, 2.24) is 0 Å². The predicted molar refractivity (Wildman–Crippen MR) is 83.2 cm³/mol. The summed E-state index contributed by atoms with van der Waals surface area (Å²) in [5.41, 5.74) is 0. The first-order valence-electron chi connectivity index (χ1n) is 7.56. The quantitative estimate of drug-likeness (QED) is 0.169. The summed E-state index contributed by atoms with van der Waals surface area (Å²) in [6, 6.07) is 0. The van der Waals surface area contributed by atoms with Gasteiger partial charge in [-0.15, -0.1) is 6.58 Å². The lowest BCUT2D eigenvalue weighted by atomic mass is 10.2. The van der Waals surface area contributed by atoms with Crippen molar-refractivity contribution >= 4 is 0 Å². The van der Waals surface area contributed by atoms with Gasteiger partial charge in [0.25, 0.3) is 0 Å². The lowest BCUT2D eigenvalue weighted by molar-refractivity contribution is -0.0240. The maximum absolute atomic E-state index is 5.44. The van der Waals surface area contributed by atoms with Gasteiger partial charge in [0.1, 0.15) is 0 Å². The van der Waals surface area contributed by atoms with E-state index in [9.17, 15) is 0 Å². The van der Waals surface area contributed by atoms with E-state index in [2.05, 4.69) is 13.2 Å². The third-order valence-corrected chi connectivity index (χ3v) is 2.54. The zero-order valence-corrected chi connectivity index (χ0v) is 13.1. The van der Waals surface area contributed by atoms with Gasteiger partial charge in [0.05, 0.1) is 39.3 Å². The lowest BCUT2D eigenvalue weighted by Crippen LogP contribution is -2.11. The number of hydrogen-bond acceptors (Lipinski definition) is 5. The van der Waals surface area contributed by atoms with Crippen LogP contribution in [0.1, 0.15) is 25.7 Å². The highest BCUT2D eigenvalue weighted by Crippen LogP contribution is 1.95. The van der Waals surface area contributed by atoms with Crippen LogP contribution in [0, 0.1) is 0 Å². The van der Waals surface area contributed by atoms with E-state index >= 15 is 0 Å². The number of unbranched alkanes of at least 4 members (excludes halogenated alkanes) is 2. The van der Waals surface area contributed by atoms with Crippen molar-refractivity contribution < 1.29 is 23.7 Å². The van der Waals surface area contributed by atoms with Crippen molar-refractivity contribution in [3.8, 4) is 0 Å². The molecule has 0 bridgehead atoms. The summed E-state index contributed by atoms with van der Waals surface area (Å²) in [5, 5.41) is 0. The van der Waals surface area contributed by atoms with Crippen molar-refractivity contribution in [2.75, 3.05) is 53.0 Å². The van der Waals surface area contributed by atoms with Crippen molar-refractivity contribution in [1.29, 1.82) is 0 Å². The van der Waals surface area contributed by atoms with Gasteiger partial charge in [-0.3, -0.25) is 0 Å². The number of rotatable bonds is 18. The molecule has 0 rings (SSSR count). The Balaban J connectivity index is 2.93. The second kappa shape index (κ2) is 19.1. The zero-order chi connectivity index (χ0) is 15.4. The molecule has 0 radical (unpaired) electrons. The monoisotopic (exact) mass is 302 g/mol. The van der Waals surface area contributed by atoms with Crippen molar-refractivity contribution in [2.24, 2.45) is 0 Å². The standard InChI is InChI=1S/C16H30O5/c1-3-5-6-7-9-18-12-14-20-15-13-19-10-8-11-21-16-17-4-2/h3-4H,1-2,5-16H2. The molecule has 0 aliphatic rings. The Morgan fingerprint density at radius 3 is 1.81 bits per heavy atom. The van der Waals surface area contributed by atoms with Gasteiger partial charge in [0.2, 0.25) is 0 Å². The van der Waals surface area contributed by atoms with E-state index < -0.39 is 0 Å². The second-order valence-electron chi connectivity index (χ2n) is 4.33. The molecule has 0 saturated heterocycles. The molecule has 0 unspecified atom stereocenters. The largest absolute Gasteiger partial charge is 0.476 e. The van der Waals surface area contributed by atoms with Crippen LogP contribution in [0.5, 0.6) is 0 Å². The van der Waals surface area contributed by atoms with Crippen LogP contribution in [0.25, 0.3) is 0 Å². The molecule has 5 heteroatoms. The van der Waals surface area contributed by atoms with Gasteiger partial charge in [0, 0.05) is 13.2 Å². The number of allylic oxidation sites excluding steroid dienone is 1. The summed E-state index contributed by atoms with van der Waals surface area (Å²) in [5.74, 6) is 0. The van der Waals surface area contributed by atoms with Crippen LogP contribution in [-0.4, -0.2) is 53.0 Å². The van der Waals surface area contributed by atoms with Crippen LogP contribution in [0.2, 0.25) is 0 Å². The van der Waals surface area contributed by atoms with Crippen LogP contribution in [0.15, 0.2) is 25.5 Å². The first-order valence-corrected chi connectivity index (χ1v) is 7.56. The van der Waals surface area contributed by atoms with Gasteiger partial charge in [-0.25, -0.2) is 0 Å². The van der Waals surface area contributed by atoms with Crippen LogP contribution in [-0.2, 0) is 23.7 Å². The zero-order valence-electron chi connectivity index (χ0n) is 13.1. The fraction of sp³-hybridized carbons (Fsp3) is 0.750. The smallest absolute Gasteiger partial charge is 0.188 e. The molecule has 0 aromatic carbocycles. The van der Waals surface area contributed by atoms with E-state index in [1.54, 1.807) is 0 Å². The van der Waals surface area contributed by atoms with E-state index in [1.807, 2.05) is 6.08 Å². The molecule has 0 N–H and O–H groups in total. The summed E-state index contributed by atoms with van der Waals surface area (Å²) in [4.78, 5) is 0. The molecule has 0 aromatic heterocycles. The van der Waals surface area contributed by atoms with E-state index in [1.165, 1.54) is 6.26 Å². The highest BCUT2D eigenvalue weighted by atomic mass is 16.7. The van der Waals surface area contributed by atoms with Gasteiger partial charge in [0.15, 0.2) is 6.79 Å². The molecule has 0 atom stereocenters. The normalized spacial score (nSPS) is 10.5. The average molecular weight is 302 g/mol. The van der Waals surface area contributed by atoms with E-state index in [0.29, 0.717) is 39.6 Å². The Labute approximate surface area is 128 Å². The summed E-state index contributed by atoms with van der Waals surface area (Å²) >= 11 is 0. The minimum absolute atomic E-state index is 0.250. The molecule has 0 saturated carbocycles. The lowest BCUT2D eigenvalue weighted by Gasteiger charge is -2.07. The van der Waals surface area contributed by atoms with E-state index in [0.717, 1.165) is 32.3 Å². The van der Waals surface area contributed by atoms with Crippen molar-refractivity contribution in [3.05, 3.63) is 25.5 Å². The van der Waals surface area contributed by atoms with Gasteiger partial charge >= 0.3 is 0 Å². The molecule has 0 aromatic rings. The van der Waals surface area contributed by atoms with E-state index in [-0.39, 0.29) is 6.79 Å². The Morgan fingerprint density at radius 2 is 1.19 bits per heavy atom. The summed E-state index contributed by atoms with van der Waals surface area (Å²) < 4.78 is 26.2. The molecular weight excluding hydrogens is 272 g/mol.